The molecule has 5 nitrogen and oxygen atoms in total. The lowest BCUT2D eigenvalue weighted by Crippen LogP contribution is -2.35. The van der Waals surface area contributed by atoms with E-state index in [0.717, 1.165) is 4.31 Å². The zero-order valence-corrected chi connectivity index (χ0v) is 12.1. The number of methoxy groups -OCH3 is 1. The van der Waals surface area contributed by atoms with E-state index in [-0.39, 0.29) is 31.7 Å². The minimum absolute atomic E-state index is 0.0800. The summed E-state index contributed by atoms with van der Waals surface area (Å²) >= 11 is 0. The van der Waals surface area contributed by atoms with Crippen LogP contribution in [-0.2, 0) is 20.5 Å². The van der Waals surface area contributed by atoms with E-state index in [1.807, 2.05) is 6.07 Å². The van der Waals surface area contributed by atoms with Gasteiger partial charge in [0, 0.05) is 32.2 Å². The number of sulfonamides is 1. The molecule has 0 unspecified atom stereocenters. The van der Waals surface area contributed by atoms with Crippen molar-refractivity contribution in [3.63, 3.8) is 0 Å². The van der Waals surface area contributed by atoms with E-state index in [4.69, 9.17) is 10.00 Å². The Morgan fingerprint density at radius 3 is 2.65 bits per heavy atom. The summed E-state index contributed by atoms with van der Waals surface area (Å²) in [6.45, 7) is 0.452. The summed E-state index contributed by atoms with van der Waals surface area (Å²) in [5, 5.41) is 8.58. The van der Waals surface area contributed by atoms with Crippen LogP contribution in [0.3, 0.4) is 0 Å². The first-order valence-electron chi connectivity index (χ1n) is 6.08. The summed E-state index contributed by atoms with van der Waals surface area (Å²) in [6, 6.07) is 7.65. The maximum Gasteiger partial charge on any atom is 0.218 e. The van der Waals surface area contributed by atoms with Crippen LogP contribution >= 0.6 is 0 Å². The van der Waals surface area contributed by atoms with E-state index in [0.29, 0.717) is 0 Å². The quantitative estimate of drug-likeness (QED) is 0.730. The predicted octanol–water partition coefficient (Wildman–Crippen LogP) is 1.52. The van der Waals surface area contributed by atoms with E-state index in [9.17, 15) is 12.8 Å². The standard InChI is InChI=1S/C13H17FN2O3S/c1-19-10-9-16(8-4-7-15)20(17,18)11-12-5-2-3-6-13(12)14/h2-3,5-6H,4,8-11H2,1H3. The number of benzene rings is 1. The second-order valence-corrected chi connectivity index (χ2v) is 6.12. The molecule has 0 bridgehead atoms. The molecule has 110 valence electrons. The largest absolute Gasteiger partial charge is 0.383 e. The van der Waals surface area contributed by atoms with E-state index >= 15 is 0 Å². The van der Waals surface area contributed by atoms with Crippen molar-refractivity contribution in [1.82, 2.24) is 4.31 Å². The first-order chi connectivity index (χ1) is 9.51. The van der Waals surface area contributed by atoms with Gasteiger partial charge in [0.25, 0.3) is 0 Å². The Labute approximate surface area is 118 Å². The van der Waals surface area contributed by atoms with Gasteiger partial charge in [0.1, 0.15) is 5.82 Å². The van der Waals surface area contributed by atoms with Gasteiger partial charge >= 0.3 is 0 Å². The summed E-state index contributed by atoms with van der Waals surface area (Å²) in [7, 11) is -2.22. The molecular formula is C13H17FN2O3S. The van der Waals surface area contributed by atoms with Crippen LogP contribution in [0.25, 0.3) is 0 Å². The van der Waals surface area contributed by atoms with Crippen LogP contribution in [0, 0.1) is 17.1 Å². The number of hydrogen-bond acceptors (Lipinski definition) is 4. The lowest BCUT2D eigenvalue weighted by molar-refractivity contribution is 0.179. The second kappa shape index (κ2) is 7.94. The fourth-order valence-electron chi connectivity index (χ4n) is 1.66. The van der Waals surface area contributed by atoms with Crippen molar-refractivity contribution in [3.8, 4) is 6.07 Å². The Kier molecular flexibility index (Phi) is 6.58. The normalized spacial score (nSPS) is 11.5. The molecule has 1 rings (SSSR count). The molecule has 0 amide bonds. The summed E-state index contributed by atoms with van der Waals surface area (Å²) in [5.74, 6) is -0.975. The first-order valence-corrected chi connectivity index (χ1v) is 7.69. The van der Waals surface area contributed by atoms with Crippen molar-refractivity contribution in [3.05, 3.63) is 35.6 Å². The van der Waals surface area contributed by atoms with Gasteiger partial charge in [0.15, 0.2) is 0 Å². The van der Waals surface area contributed by atoms with Gasteiger partial charge in [-0.2, -0.15) is 9.57 Å². The van der Waals surface area contributed by atoms with Crippen LogP contribution in [0.2, 0.25) is 0 Å². The van der Waals surface area contributed by atoms with Crippen molar-refractivity contribution in [1.29, 1.82) is 5.26 Å². The molecule has 0 aliphatic heterocycles. The zero-order valence-electron chi connectivity index (χ0n) is 11.3. The van der Waals surface area contributed by atoms with Crippen LogP contribution < -0.4 is 0 Å². The number of halogens is 1. The zero-order chi connectivity index (χ0) is 15.0. The van der Waals surface area contributed by atoms with Crippen LogP contribution in [-0.4, -0.2) is 39.5 Å². The Morgan fingerprint density at radius 1 is 1.35 bits per heavy atom. The molecule has 0 fully saturated rings. The fraction of sp³-hybridized carbons (Fsp3) is 0.462. The topological polar surface area (TPSA) is 70.4 Å². The molecule has 0 radical (unpaired) electrons. The lowest BCUT2D eigenvalue weighted by Gasteiger charge is -2.20. The number of nitrogens with zero attached hydrogens (tertiary/aromatic N) is 2. The fourth-order valence-corrected chi connectivity index (χ4v) is 3.19. The molecule has 1 aromatic carbocycles. The minimum atomic E-state index is -3.68. The third-order valence-corrected chi connectivity index (χ3v) is 4.53. The Bertz CT molecular complexity index is 569. The predicted molar refractivity (Wildman–Crippen MR) is 72.7 cm³/mol. The van der Waals surface area contributed by atoms with Gasteiger partial charge in [-0.05, 0) is 6.07 Å². The smallest absolute Gasteiger partial charge is 0.218 e. The van der Waals surface area contributed by atoms with Crippen molar-refractivity contribution in [2.75, 3.05) is 26.8 Å². The van der Waals surface area contributed by atoms with E-state index in [2.05, 4.69) is 0 Å². The minimum Gasteiger partial charge on any atom is -0.383 e. The average molecular weight is 300 g/mol. The summed E-state index contributed by atoms with van der Waals surface area (Å²) < 4.78 is 44.1. The lowest BCUT2D eigenvalue weighted by atomic mass is 10.2. The molecular weight excluding hydrogens is 283 g/mol. The first kappa shape index (κ1) is 16.6. The van der Waals surface area contributed by atoms with Crippen molar-refractivity contribution < 1.29 is 17.5 Å². The van der Waals surface area contributed by atoms with Gasteiger partial charge in [-0.1, -0.05) is 18.2 Å². The van der Waals surface area contributed by atoms with Crippen molar-refractivity contribution >= 4 is 10.0 Å². The molecule has 20 heavy (non-hydrogen) atoms. The number of ether oxygens (including phenoxy) is 1. The van der Waals surface area contributed by atoms with Crippen LogP contribution in [0.1, 0.15) is 12.0 Å². The van der Waals surface area contributed by atoms with Gasteiger partial charge < -0.3 is 4.74 Å². The third-order valence-electron chi connectivity index (χ3n) is 2.71. The maximum atomic E-state index is 13.5. The molecule has 7 heteroatoms. The van der Waals surface area contributed by atoms with Gasteiger partial charge in [-0.25, -0.2) is 12.8 Å². The monoisotopic (exact) mass is 300 g/mol. The highest BCUT2D eigenvalue weighted by molar-refractivity contribution is 7.88. The average Bonchev–Trinajstić information content (AvgIpc) is 2.41. The second-order valence-electron chi connectivity index (χ2n) is 4.15. The number of rotatable bonds is 8. The summed E-state index contributed by atoms with van der Waals surface area (Å²) in [5.41, 5.74) is 0.117. The van der Waals surface area contributed by atoms with Gasteiger partial charge in [-0.3, -0.25) is 0 Å². The molecule has 0 aromatic heterocycles. The Morgan fingerprint density at radius 2 is 2.05 bits per heavy atom. The number of nitriles is 1. The van der Waals surface area contributed by atoms with Crippen LogP contribution in [0.5, 0.6) is 0 Å². The van der Waals surface area contributed by atoms with Crippen molar-refractivity contribution in [2.45, 2.75) is 12.2 Å². The molecule has 1 aromatic rings. The maximum absolute atomic E-state index is 13.5. The highest BCUT2D eigenvalue weighted by atomic mass is 32.2. The van der Waals surface area contributed by atoms with Crippen LogP contribution in [0.4, 0.5) is 4.39 Å². The molecule has 0 saturated carbocycles. The molecule has 0 heterocycles. The molecule has 0 aliphatic carbocycles. The van der Waals surface area contributed by atoms with Gasteiger partial charge in [0.05, 0.1) is 18.4 Å². The highest BCUT2D eigenvalue weighted by Gasteiger charge is 2.23. The summed E-state index contributed by atoms with van der Waals surface area (Å²) in [4.78, 5) is 0. The Balaban J connectivity index is 2.87. The summed E-state index contributed by atoms with van der Waals surface area (Å²) in [6.07, 6.45) is 0.0835. The van der Waals surface area contributed by atoms with E-state index < -0.39 is 21.6 Å². The molecule has 0 aliphatic rings. The Hall–Kier alpha value is -1.49. The van der Waals surface area contributed by atoms with Crippen LogP contribution in [0.15, 0.2) is 24.3 Å². The molecule has 0 atom stereocenters. The molecule has 0 saturated heterocycles. The highest BCUT2D eigenvalue weighted by Crippen LogP contribution is 2.14. The van der Waals surface area contributed by atoms with E-state index in [1.54, 1.807) is 6.07 Å². The van der Waals surface area contributed by atoms with Gasteiger partial charge in [0.2, 0.25) is 10.0 Å². The SMILES string of the molecule is COCCN(CCC#N)S(=O)(=O)Cc1ccccc1F. The van der Waals surface area contributed by atoms with Gasteiger partial charge in [-0.15, -0.1) is 0 Å². The third kappa shape index (κ3) is 4.89. The molecule has 0 spiro atoms. The van der Waals surface area contributed by atoms with Crippen molar-refractivity contribution in [2.24, 2.45) is 0 Å². The molecule has 0 N–H and O–H groups in total. The van der Waals surface area contributed by atoms with E-state index in [1.165, 1.54) is 25.3 Å². The number of hydrogen-bond donors (Lipinski definition) is 0.